The predicted octanol–water partition coefficient (Wildman–Crippen LogP) is 1.65. The minimum atomic E-state index is -0.423. The van der Waals surface area contributed by atoms with Gasteiger partial charge in [0.15, 0.2) is 0 Å². The molecule has 1 saturated carbocycles. The lowest BCUT2D eigenvalue weighted by Gasteiger charge is -2.47. The summed E-state index contributed by atoms with van der Waals surface area (Å²) in [5, 5.41) is 0. The number of benzene rings is 1. The molecular weight excluding hydrogens is 264 g/mol. The standard InChI is InChI=1S/C16H20N4O/c1-16(8-20(9-16)7-10-5-6-10)15-18-12-4-2-3-11(14(17)21)13(12)19-15/h2-4,10H,5-9H2,1H3,(H2,17,21)(H,18,19). The van der Waals surface area contributed by atoms with Crippen molar-refractivity contribution < 1.29 is 4.79 Å². The van der Waals surface area contributed by atoms with Crippen LogP contribution in [0.4, 0.5) is 0 Å². The van der Waals surface area contributed by atoms with Gasteiger partial charge in [0.2, 0.25) is 0 Å². The molecule has 5 nitrogen and oxygen atoms in total. The second kappa shape index (κ2) is 4.31. The molecule has 3 N–H and O–H groups in total. The fourth-order valence-electron chi connectivity index (χ4n) is 3.40. The lowest BCUT2D eigenvalue weighted by atomic mass is 9.81. The van der Waals surface area contributed by atoms with Crippen molar-refractivity contribution in [1.82, 2.24) is 14.9 Å². The number of hydrogen-bond donors (Lipinski definition) is 2. The number of rotatable bonds is 4. The van der Waals surface area contributed by atoms with E-state index in [1.165, 1.54) is 19.4 Å². The molecule has 2 fully saturated rings. The maximum absolute atomic E-state index is 11.5. The minimum Gasteiger partial charge on any atom is -0.366 e. The van der Waals surface area contributed by atoms with Crippen LogP contribution in [0.2, 0.25) is 0 Å². The van der Waals surface area contributed by atoms with Crippen LogP contribution in [0.3, 0.4) is 0 Å². The van der Waals surface area contributed by atoms with Crippen LogP contribution in [0.15, 0.2) is 18.2 Å². The number of carbonyl (C=O) groups excluding carboxylic acids is 1. The van der Waals surface area contributed by atoms with Crippen LogP contribution in [0.25, 0.3) is 11.0 Å². The first-order chi connectivity index (χ1) is 10.0. The second-order valence-corrected chi connectivity index (χ2v) is 6.83. The molecule has 1 aliphatic carbocycles. The maximum atomic E-state index is 11.5. The van der Waals surface area contributed by atoms with Gasteiger partial charge >= 0.3 is 0 Å². The number of amides is 1. The molecule has 2 heterocycles. The summed E-state index contributed by atoms with van der Waals surface area (Å²) >= 11 is 0. The number of hydrogen-bond acceptors (Lipinski definition) is 3. The van der Waals surface area contributed by atoms with E-state index in [1.54, 1.807) is 6.07 Å². The van der Waals surface area contributed by atoms with Crippen LogP contribution < -0.4 is 5.73 Å². The largest absolute Gasteiger partial charge is 0.366 e. The van der Waals surface area contributed by atoms with Crippen LogP contribution in [0.1, 0.15) is 35.9 Å². The molecule has 21 heavy (non-hydrogen) atoms. The van der Waals surface area contributed by atoms with Crippen molar-refractivity contribution in [3.63, 3.8) is 0 Å². The van der Waals surface area contributed by atoms with E-state index in [1.807, 2.05) is 12.1 Å². The molecule has 1 amide bonds. The number of likely N-dealkylation sites (tertiary alicyclic amines) is 1. The molecule has 4 rings (SSSR count). The van der Waals surface area contributed by atoms with Crippen LogP contribution in [-0.4, -0.2) is 40.4 Å². The Morgan fingerprint density at radius 1 is 1.48 bits per heavy atom. The van der Waals surface area contributed by atoms with Gasteiger partial charge in [0.05, 0.1) is 16.5 Å². The first-order valence-electron chi connectivity index (χ1n) is 7.56. The number of primary amides is 1. The summed E-state index contributed by atoms with van der Waals surface area (Å²) in [5.74, 6) is 1.47. The third-order valence-corrected chi connectivity index (χ3v) is 4.71. The van der Waals surface area contributed by atoms with E-state index < -0.39 is 5.91 Å². The van der Waals surface area contributed by atoms with Crippen LogP contribution >= 0.6 is 0 Å². The van der Waals surface area contributed by atoms with Crippen LogP contribution in [0.5, 0.6) is 0 Å². The average Bonchev–Trinajstić information content (AvgIpc) is 3.11. The van der Waals surface area contributed by atoms with Gasteiger partial charge in [-0.15, -0.1) is 0 Å². The molecule has 1 saturated heterocycles. The third-order valence-electron chi connectivity index (χ3n) is 4.71. The lowest BCUT2D eigenvalue weighted by Crippen LogP contribution is -2.58. The number of para-hydroxylation sites is 1. The van der Waals surface area contributed by atoms with Gasteiger partial charge in [-0.25, -0.2) is 4.98 Å². The number of carbonyl (C=O) groups is 1. The van der Waals surface area contributed by atoms with Crippen molar-refractivity contribution in [3.05, 3.63) is 29.6 Å². The zero-order valence-corrected chi connectivity index (χ0v) is 12.2. The topological polar surface area (TPSA) is 75.0 Å². The minimum absolute atomic E-state index is 0.0584. The van der Waals surface area contributed by atoms with Gasteiger partial charge in [-0.2, -0.15) is 0 Å². The molecule has 1 aliphatic heterocycles. The highest BCUT2D eigenvalue weighted by molar-refractivity contribution is 6.04. The number of imidazole rings is 1. The van der Waals surface area contributed by atoms with Crippen molar-refractivity contribution in [2.24, 2.45) is 11.7 Å². The Bertz CT molecular complexity index is 710. The molecule has 0 bridgehead atoms. The second-order valence-electron chi connectivity index (χ2n) is 6.83. The average molecular weight is 284 g/mol. The van der Waals surface area contributed by atoms with Gasteiger partial charge in [0.1, 0.15) is 11.3 Å². The Kier molecular flexibility index (Phi) is 2.63. The summed E-state index contributed by atoms with van der Waals surface area (Å²) in [6.07, 6.45) is 2.78. The number of aromatic nitrogens is 2. The predicted molar refractivity (Wildman–Crippen MR) is 81.1 cm³/mol. The van der Waals surface area contributed by atoms with Gasteiger partial charge in [0.25, 0.3) is 5.91 Å². The first-order valence-corrected chi connectivity index (χ1v) is 7.56. The van der Waals surface area contributed by atoms with Crippen molar-refractivity contribution in [3.8, 4) is 0 Å². The summed E-state index contributed by atoms with van der Waals surface area (Å²) < 4.78 is 0. The number of nitrogens with zero attached hydrogens (tertiary/aromatic N) is 2. The smallest absolute Gasteiger partial charge is 0.250 e. The van der Waals surface area contributed by atoms with E-state index >= 15 is 0 Å². The summed E-state index contributed by atoms with van der Waals surface area (Å²) in [5.41, 5.74) is 7.57. The molecule has 5 heteroatoms. The zero-order chi connectivity index (χ0) is 14.6. The first kappa shape index (κ1) is 12.8. The molecule has 2 aromatic rings. The van der Waals surface area contributed by atoms with E-state index in [9.17, 15) is 4.79 Å². The number of H-pyrrole nitrogens is 1. The zero-order valence-electron chi connectivity index (χ0n) is 12.2. The van der Waals surface area contributed by atoms with Crippen molar-refractivity contribution in [1.29, 1.82) is 0 Å². The fraction of sp³-hybridized carbons (Fsp3) is 0.500. The number of nitrogens with one attached hydrogen (secondary N) is 1. The molecule has 110 valence electrons. The molecule has 2 aliphatic rings. The van der Waals surface area contributed by atoms with Crippen LogP contribution in [0, 0.1) is 5.92 Å². The number of aromatic amines is 1. The van der Waals surface area contributed by atoms with E-state index in [0.717, 1.165) is 30.3 Å². The van der Waals surface area contributed by atoms with Crippen molar-refractivity contribution >= 4 is 16.9 Å². The fourth-order valence-corrected chi connectivity index (χ4v) is 3.40. The van der Waals surface area contributed by atoms with Gasteiger partial charge in [0, 0.05) is 19.6 Å². The van der Waals surface area contributed by atoms with E-state index in [2.05, 4.69) is 21.8 Å². The molecule has 0 spiro atoms. The number of nitrogens with two attached hydrogens (primary N) is 1. The van der Waals surface area contributed by atoms with Crippen molar-refractivity contribution in [2.75, 3.05) is 19.6 Å². The normalized spacial score (nSPS) is 21.4. The molecule has 1 aromatic carbocycles. The maximum Gasteiger partial charge on any atom is 0.250 e. The molecule has 0 radical (unpaired) electrons. The molecular formula is C16H20N4O. The highest BCUT2D eigenvalue weighted by atomic mass is 16.1. The molecule has 0 atom stereocenters. The van der Waals surface area contributed by atoms with Crippen molar-refractivity contribution in [2.45, 2.75) is 25.2 Å². The monoisotopic (exact) mass is 284 g/mol. The van der Waals surface area contributed by atoms with Gasteiger partial charge < -0.3 is 15.6 Å². The third kappa shape index (κ3) is 2.12. The quantitative estimate of drug-likeness (QED) is 0.896. The Balaban J connectivity index is 1.62. The highest BCUT2D eigenvalue weighted by Crippen LogP contribution is 2.38. The Hall–Kier alpha value is -1.88. The number of fused-ring (bicyclic) bond motifs is 1. The molecule has 0 unspecified atom stereocenters. The van der Waals surface area contributed by atoms with Gasteiger partial charge in [-0.1, -0.05) is 13.0 Å². The summed E-state index contributed by atoms with van der Waals surface area (Å²) in [7, 11) is 0. The van der Waals surface area contributed by atoms with E-state index in [-0.39, 0.29) is 5.41 Å². The van der Waals surface area contributed by atoms with Gasteiger partial charge in [-0.3, -0.25) is 4.79 Å². The SMILES string of the molecule is CC1(c2nc3c(C(N)=O)cccc3[nH]2)CN(CC2CC2)C1. The Morgan fingerprint density at radius 2 is 2.24 bits per heavy atom. The van der Waals surface area contributed by atoms with E-state index in [4.69, 9.17) is 5.73 Å². The Morgan fingerprint density at radius 3 is 2.90 bits per heavy atom. The van der Waals surface area contributed by atoms with Gasteiger partial charge in [-0.05, 0) is 30.9 Å². The highest BCUT2D eigenvalue weighted by Gasteiger charge is 2.44. The van der Waals surface area contributed by atoms with Crippen LogP contribution in [-0.2, 0) is 5.41 Å². The molecule has 1 aromatic heterocycles. The summed E-state index contributed by atoms with van der Waals surface area (Å²) in [6.45, 7) is 5.53. The Labute approximate surface area is 123 Å². The lowest BCUT2D eigenvalue weighted by molar-refractivity contribution is 0.0680. The summed E-state index contributed by atoms with van der Waals surface area (Å²) in [6, 6.07) is 5.52. The van der Waals surface area contributed by atoms with E-state index in [0.29, 0.717) is 11.1 Å². The summed E-state index contributed by atoms with van der Waals surface area (Å²) in [4.78, 5) is 22.0.